The number of nitrogens with zero attached hydrogens (tertiary/aromatic N) is 1. The summed E-state index contributed by atoms with van der Waals surface area (Å²) in [5.41, 5.74) is 3.80. The van der Waals surface area contributed by atoms with Crippen LogP contribution in [0.25, 0.3) is 0 Å². The highest BCUT2D eigenvalue weighted by Crippen LogP contribution is 2.05. The van der Waals surface area contributed by atoms with E-state index >= 15 is 0 Å². The topological polar surface area (TPSA) is 38.1 Å². The van der Waals surface area contributed by atoms with Crippen molar-refractivity contribution in [2.45, 2.75) is 19.9 Å². The normalized spacial score (nSPS) is 10.6. The van der Waals surface area contributed by atoms with Crippen LogP contribution in [0.5, 0.6) is 0 Å². The average molecular weight is 216 g/mol. The quantitative estimate of drug-likeness (QED) is 0.779. The van der Waals surface area contributed by atoms with E-state index in [1.807, 2.05) is 18.5 Å². The van der Waals surface area contributed by atoms with Crippen LogP contribution in [0.2, 0.25) is 0 Å². The molecule has 0 bridgehead atoms. The number of hydrogen-bond acceptors (Lipinski definition) is 3. The standard InChI is InChI=1S/C13H16N2O/c1-11-8-14-5-2-13(11)3-6-15-9-12-4-7-16-10-12/h2,4-5,7-8,10,15H,3,6,9H2,1H3. The van der Waals surface area contributed by atoms with Crippen molar-refractivity contribution in [3.8, 4) is 0 Å². The van der Waals surface area contributed by atoms with Crippen LogP contribution in [0.1, 0.15) is 16.7 Å². The van der Waals surface area contributed by atoms with Gasteiger partial charge in [0.25, 0.3) is 0 Å². The molecule has 0 aromatic carbocycles. The Balaban J connectivity index is 1.74. The van der Waals surface area contributed by atoms with Gasteiger partial charge in [-0.1, -0.05) is 0 Å². The van der Waals surface area contributed by atoms with Crippen LogP contribution in [0, 0.1) is 6.92 Å². The Hall–Kier alpha value is -1.61. The van der Waals surface area contributed by atoms with Crippen molar-refractivity contribution in [2.75, 3.05) is 6.54 Å². The average Bonchev–Trinajstić information content (AvgIpc) is 2.79. The zero-order valence-electron chi connectivity index (χ0n) is 9.44. The first-order valence-corrected chi connectivity index (χ1v) is 5.47. The summed E-state index contributed by atoms with van der Waals surface area (Å²) in [5.74, 6) is 0. The van der Waals surface area contributed by atoms with Crippen molar-refractivity contribution in [1.82, 2.24) is 10.3 Å². The number of aromatic nitrogens is 1. The third-order valence-electron chi connectivity index (χ3n) is 2.62. The van der Waals surface area contributed by atoms with Crippen molar-refractivity contribution < 1.29 is 4.42 Å². The maximum atomic E-state index is 5.00. The Labute approximate surface area is 95.5 Å². The molecule has 0 saturated heterocycles. The highest BCUT2D eigenvalue weighted by atomic mass is 16.3. The molecule has 3 nitrogen and oxygen atoms in total. The summed E-state index contributed by atoms with van der Waals surface area (Å²) in [6.45, 7) is 3.93. The maximum absolute atomic E-state index is 5.00. The largest absolute Gasteiger partial charge is 0.472 e. The Morgan fingerprint density at radius 3 is 3.06 bits per heavy atom. The summed E-state index contributed by atoms with van der Waals surface area (Å²) >= 11 is 0. The summed E-state index contributed by atoms with van der Waals surface area (Å²) in [5, 5.41) is 3.38. The lowest BCUT2D eigenvalue weighted by Crippen LogP contribution is -2.16. The fraction of sp³-hybridized carbons (Fsp3) is 0.308. The molecule has 2 aromatic rings. The molecule has 2 heterocycles. The van der Waals surface area contributed by atoms with E-state index in [1.165, 1.54) is 16.7 Å². The third kappa shape index (κ3) is 2.94. The van der Waals surface area contributed by atoms with E-state index in [2.05, 4.69) is 23.3 Å². The molecular weight excluding hydrogens is 200 g/mol. The predicted molar refractivity (Wildman–Crippen MR) is 63.1 cm³/mol. The fourth-order valence-electron chi connectivity index (χ4n) is 1.63. The second kappa shape index (κ2) is 5.47. The molecule has 0 amide bonds. The van der Waals surface area contributed by atoms with Gasteiger partial charge in [0.1, 0.15) is 0 Å². The van der Waals surface area contributed by atoms with Gasteiger partial charge in [-0.3, -0.25) is 4.98 Å². The molecule has 0 aliphatic carbocycles. The molecule has 0 unspecified atom stereocenters. The Kier molecular flexibility index (Phi) is 3.72. The van der Waals surface area contributed by atoms with Crippen LogP contribution < -0.4 is 5.32 Å². The van der Waals surface area contributed by atoms with Gasteiger partial charge in [0.05, 0.1) is 12.5 Å². The van der Waals surface area contributed by atoms with Crippen molar-refractivity contribution in [2.24, 2.45) is 0 Å². The molecule has 1 N–H and O–H groups in total. The van der Waals surface area contributed by atoms with E-state index < -0.39 is 0 Å². The molecule has 84 valence electrons. The van der Waals surface area contributed by atoms with Crippen molar-refractivity contribution >= 4 is 0 Å². The number of aryl methyl sites for hydroxylation is 1. The van der Waals surface area contributed by atoms with E-state index in [9.17, 15) is 0 Å². The molecule has 0 fully saturated rings. The summed E-state index contributed by atoms with van der Waals surface area (Å²) in [7, 11) is 0. The van der Waals surface area contributed by atoms with Crippen LogP contribution in [-0.2, 0) is 13.0 Å². The van der Waals surface area contributed by atoms with Crippen LogP contribution in [-0.4, -0.2) is 11.5 Å². The predicted octanol–water partition coefficient (Wildman–Crippen LogP) is 2.32. The molecule has 0 aliphatic rings. The fourth-order valence-corrected chi connectivity index (χ4v) is 1.63. The van der Waals surface area contributed by atoms with Gasteiger partial charge in [0, 0.05) is 24.5 Å². The van der Waals surface area contributed by atoms with Crippen molar-refractivity contribution in [3.05, 3.63) is 53.7 Å². The van der Waals surface area contributed by atoms with Crippen molar-refractivity contribution in [3.63, 3.8) is 0 Å². The second-order valence-electron chi connectivity index (χ2n) is 3.86. The zero-order chi connectivity index (χ0) is 11.2. The number of nitrogens with one attached hydrogen (secondary N) is 1. The number of hydrogen-bond donors (Lipinski definition) is 1. The zero-order valence-corrected chi connectivity index (χ0v) is 9.44. The van der Waals surface area contributed by atoms with Crippen LogP contribution in [0.15, 0.2) is 41.5 Å². The minimum Gasteiger partial charge on any atom is -0.472 e. The minimum atomic E-state index is 0.862. The van der Waals surface area contributed by atoms with Gasteiger partial charge in [-0.05, 0) is 43.1 Å². The third-order valence-corrected chi connectivity index (χ3v) is 2.62. The SMILES string of the molecule is Cc1cnccc1CCNCc1ccoc1. The molecule has 0 spiro atoms. The molecule has 0 atom stereocenters. The minimum absolute atomic E-state index is 0.862. The van der Waals surface area contributed by atoms with Crippen LogP contribution in [0.3, 0.4) is 0 Å². The molecular formula is C13H16N2O. The van der Waals surface area contributed by atoms with Gasteiger partial charge in [-0.2, -0.15) is 0 Å². The first kappa shape index (κ1) is 10.9. The molecule has 0 aliphatic heterocycles. The summed E-state index contributed by atoms with van der Waals surface area (Å²) in [4.78, 5) is 4.08. The molecule has 0 radical (unpaired) electrons. The van der Waals surface area contributed by atoms with Gasteiger partial charge in [0.2, 0.25) is 0 Å². The lowest BCUT2D eigenvalue weighted by molar-refractivity contribution is 0.560. The molecule has 2 aromatic heterocycles. The number of rotatable bonds is 5. The van der Waals surface area contributed by atoms with Gasteiger partial charge in [0.15, 0.2) is 0 Å². The summed E-state index contributed by atoms with van der Waals surface area (Å²) in [6, 6.07) is 4.06. The Morgan fingerprint density at radius 2 is 2.31 bits per heavy atom. The Morgan fingerprint density at radius 1 is 1.38 bits per heavy atom. The molecule has 2 rings (SSSR count). The maximum Gasteiger partial charge on any atom is 0.0947 e. The summed E-state index contributed by atoms with van der Waals surface area (Å²) in [6.07, 6.45) is 8.25. The van der Waals surface area contributed by atoms with E-state index in [1.54, 1.807) is 12.5 Å². The Bertz CT molecular complexity index is 423. The molecule has 16 heavy (non-hydrogen) atoms. The van der Waals surface area contributed by atoms with Crippen LogP contribution >= 0.6 is 0 Å². The van der Waals surface area contributed by atoms with Gasteiger partial charge in [-0.15, -0.1) is 0 Å². The summed E-state index contributed by atoms with van der Waals surface area (Å²) < 4.78 is 5.00. The van der Waals surface area contributed by atoms with E-state index in [0.717, 1.165) is 19.5 Å². The van der Waals surface area contributed by atoms with E-state index in [0.29, 0.717) is 0 Å². The van der Waals surface area contributed by atoms with Gasteiger partial charge in [-0.25, -0.2) is 0 Å². The lowest BCUT2D eigenvalue weighted by Gasteiger charge is -2.05. The van der Waals surface area contributed by atoms with Gasteiger partial charge < -0.3 is 9.73 Å². The van der Waals surface area contributed by atoms with E-state index in [-0.39, 0.29) is 0 Å². The highest BCUT2D eigenvalue weighted by molar-refractivity contribution is 5.21. The molecule has 0 saturated carbocycles. The van der Waals surface area contributed by atoms with E-state index in [4.69, 9.17) is 4.42 Å². The second-order valence-corrected chi connectivity index (χ2v) is 3.86. The lowest BCUT2D eigenvalue weighted by atomic mass is 10.1. The first-order chi connectivity index (χ1) is 7.86. The molecule has 3 heteroatoms. The number of furan rings is 1. The highest BCUT2D eigenvalue weighted by Gasteiger charge is 1.97. The van der Waals surface area contributed by atoms with Crippen molar-refractivity contribution in [1.29, 1.82) is 0 Å². The monoisotopic (exact) mass is 216 g/mol. The number of pyridine rings is 1. The first-order valence-electron chi connectivity index (χ1n) is 5.47. The van der Waals surface area contributed by atoms with Gasteiger partial charge >= 0.3 is 0 Å². The van der Waals surface area contributed by atoms with Crippen LogP contribution in [0.4, 0.5) is 0 Å². The smallest absolute Gasteiger partial charge is 0.0947 e.